The smallest absolute Gasteiger partial charge is 0.322 e. The number of phenolic OH excluding ortho intramolecular Hbond substituents is 1. The number of aliphatic hydroxyl groups is 4. The molecule has 0 saturated carbocycles. The summed E-state index contributed by atoms with van der Waals surface area (Å²) in [6.45, 7) is 18.6. The molecule has 0 radical (unpaired) electrons. The predicted octanol–water partition coefficient (Wildman–Crippen LogP) is 5.88. The Kier molecular flexibility index (Phi) is 25.6. The van der Waals surface area contributed by atoms with Crippen molar-refractivity contribution in [1.82, 2.24) is 26.4 Å². The lowest BCUT2D eigenvalue weighted by molar-refractivity contribution is -0.179. The Labute approximate surface area is 461 Å². The number of benzene rings is 1. The maximum absolute atomic E-state index is 14.1. The number of carboxylic acid groups (broad SMARTS) is 1. The number of piperidine rings is 1. The van der Waals surface area contributed by atoms with Crippen molar-refractivity contribution in [2.24, 2.45) is 41.4 Å². The minimum atomic E-state index is -1.46. The molecule has 18 nitrogen and oxygen atoms in total. The van der Waals surface area contributed by atoms with E-state index in [-0.39, 0.29) is 79.4 Å². The fraction of sp³-hybridized carbons (Fsp3) is 0.633. The first-order chi connectivity index (χ1) is 36.8. The van der Waals surface area contributed by atoms with Gasteiger partial charge in [-0.2, -0.15) is 0 Å². The van der Waals surface area contributed by atoms with Crippen LogP contribution in [0.2, 0.25) is 0 Å². The number of allylic oxidation sites excluding steroid dienone is 5. The topological polar surface area (TPSA) is 284 Å². The highest BCUT2D eigenvalue weighted by atomic mass is 16.5. The molecule has 0 unspecified atom stereocenters. The SMILES string of the molecule is CC[C@H]1C[C@H](C)[C@@]2(NC1=O)O[C@@H](C[C@H](O)[C@@H](C)CC/C=C/C=C(\C)[C@@H](O)C/C=C/C=C/[C@@H](O)[C@H](C)[C@@H](O)[C@@H](CCC(C)=O)C(=O)N[C@H](C(=O)N[C@@H](Cc1cccc(O)c1)C(=O)N1CCC[C@@H](C(=O)O)N1)C(C)C)[C@H](C)C=C2C. The number of rotatable bonds is 28. The van der Waals surface area contributed by atoms with Crippen LogP contribution < -0.4 is 21.4 Å². The van der Waals surface area contributed by atoms with Crippen molar-refractivity contribution in [2.75, 3.05) is 6.54 Å². The second kappa shape index (κ2) is 30.8. The molecule has 78 heavy (non-hydrogen) atoms. The molecule has 0 aliphatic carbocycles. The third kappa shape index (κ3) is 18.5. The number of hydrogen-bond donors (Lipinski definition) is 10. The van der Waals surface area contributed by atoms with E-state index in [1.807, 2.05) is 45.9 Å². The van der Waals surface area contributed by atoms with E-state index < -0.39 is 89.7 Å². The molecule has 1 aromatic carbocycles. The van der Waals surface area contributed by atoms with Crippen molar-refractivity contribution in [3.05, 3.63) is 89.6 Å². The van der Waals surface area contributed by atoms with Gasteiger partial charge in [0.1, 0.15) is 29.7 Å². The number of aliphatic hydroxyl groups excluding tert-OH is 4. The minimum absolute atomic E-state index is 0.00289. The number of Topliss-reactive ketones (excluding diaryl/α,β-unsaturated/α-hetero) is 1. The maximum Gasteiger partial charge on any atom is 0.322 e. The zero-order valence-electron chi connectivity index (χ0n) is 47.6. The van der Waals surface area contributed by atoms with E-state index in [4.69, 9.17) is 4.74 Å². The lowest BCUT2D eigenvalue weighted by Gasteiger charge is -2.51. The van der Waals surface area contributed by atoms with E-state index in [1.54, 1.807) is 51.1 Å². The standard InChI is InChI=1S/C60H91N5O13/c1-11-44-31-40(8)60(63-55(44)72)39(7)30-38(6)52(78-60)34-51(70)37(5)21-15-12-14-20-36(4)49(68)25-16-13-17-26-50(69)42(10)54(71)46(28-27-41(9)66)56(73)62-53(35(2)3)57(74)61-48(33-43-22-18-23-45(67)32-43)58(75)65-29-19-24-47(64-65)59(76)77/h12-14,16-18,20,22-23,26,30,32,35,37-38,40,42,44,46-54,64,67-71H,11,15,19,21,24-25,27-29,31,33-34H2,1-10H3,(H,61,74)(H,62,73)(H,63,72)(H,76,77)/b14-12+,16-13+,26-17+,36-20+/t37-,38+,40-,42-,44-,46+,47-,48-,49-,50+,51-,52-,53-,54+,60-/m0/s1. The molecule has 434 valence electrons. The van der Waals surface area contributed by atoms with Crippen LogP contribution in [-0.2, 0) is 39.9 Å². The number of amides is 4. The molecule has 10 N–H and O–H groups in total. The Morgan fingerprint density at radius 1 is 0.962 bits per heavy atom. The van der Waals surface area contributed by atoms with Gasteiger partial charge < -0.3 is 56.1 Å². The highest BCUT2D eigenvalue weighted by Crippen LogP contribution is 2.43. The van der Waals surface area contributed by atoms with Gasteiger partial charge >= 0.3 is 5.97 Å². The first kappa shape index (κ1) is 65.0. The normalized spacial score (nSPS) is 25.7. The molecular formula is C60H91N5O13. The molecule has 2 fully saturated rings. The third-order valence-corrected chi connectivity index (χ3v) is 16.0. The van der Waals surface area contributed by atoms with Gasteiger partial charge in [0.25, 0.3) is 5.91 Å². The number of nitrogens with zero attached hydrogens (tertiary/aromatic N) is 1. The third-order valence-electron chi connectivity index (χ3n) is 16.0. The van der Waals surface area contributed by atoms with E-state index in [9.17, 15) is 59.4 Å². The number of carbonyl (C=O) groups excluding carboxylic acids is 5. The molecule has 4 rings (SSSR count). The van der Waals surface area contributed by atoms with E-state index in [2.05, 4.69) is 41.3 Å². The van der Waals surface area contributed by atoms with Gasteiger partial charge in [-0.3, -0.25) is 29.0 Å². The summed E-state index contributed by atoms with van der Waals surface area (Å²) in [6.07, 6.45) is 14.2. The van der Waals surface area contributed by atoms with Crippen LogP contribution in [0.5, 0.6) is 5.75 Å². The first-order valence-corrected chi connectivity index (χ1v) is 28.1. The number of hydrazine groups is 1. The summed E-state index contributed by atoms with van der Waals surface area (Å²) >= 11 is 0. The molecule has 3 aliphatic rings. The molecule has 3 heterocycles. The molecule has 1 spiro atoms. The summed E-state index contributed by atoms with van der Waals surface area (Å²) in [5, 5.41) is 74.4. The van der Waals surface area contributed by atoms with Gasteiger partial charge in [-0.05, 0) is 113 Å². The summed E-state index contributed by atoms with van der Waals surface area (Å²) in [5.41, 5.74) is 4.12. The lowest BCUT2D eigenvalue weighted by atomic mass is 9.75. The zero-order chi connectivity index (χ0) is 58.0. The number of aromatic hydroxyl groups is 1. The fourth-order valence-electron chi connectivity index (χ4n) is 10.6. The maximum atomic E-state index is 14.1. The number of hydrogen-bond acceptors (Lipinski definition) is 13. The van der Waals surface area contributed by atoms with Gasteiger partial charge in [-0.25, -0.2) is 5.43 Å². The molecule has 0 bridgehead atoms. The van der Waals surface area contributed by atoms with Crippen molar-refractivity contribution < 1.29 is 64.1 Å². The number of nitrogens with one attached hydrogen (secondary N) is 4. The van der Waals surface area contributed by atoms with Crippen molar-refractivity contribution in [3.63, 3.8) is 0 Å². The molecule has 2 saturated heterocycles. The Hall–Kier alpha value is -5.50. The van der Waals surface area contributed by atoms with Crippen LogP contribution in [0.4, 0.5) is 0 Å². The molecule has 1 aromatic rings. The van der Waals surface area contributed by atoms with Gasteiger partial charge in [-0.1, -0.05) is 109 Å². The van der Waals surface area contributed by atoms with Gasteiger partial charge in [-0.15, -0.1) is 0 Å². The quantitative estimate of drug-likeness (QED) is 0.0347. The molecule has 4 amide bonds. The molecular weight excluding hydrogens is 999 g/mol. The molecule has 3 aliphatic heterocycles. The van der Waals surface area contributed by atoms with Crippen molar-refractivity contribution in [1.29, 1.82) is 0 Å². The monoisotopic (exact) mass is 1090 g/mol. The summed E-state index contributed by atoms with van der Waals surface area (Å²) < 4.78 is 6.70. The highest BCUT2D eigenvalue weighted by molar-refractivity contribution is 5.93. The second-order valence-electron chi connectivity index (χ2n) is 22.6. The molecule has 15 atom stereocenters. The summed E-state index contributed by atoms with van der Waals surface area (Å²) in [7, 11) is 0. The van der Waals surface area contributed by atoms with Crippen molar-refractivity contribution in [2.45, 2.75) is 194 Å². The summed E-state index contributed by atoms with van der Waals surface area (Å²) in [6, 6.07) is 2.65. The van der Waals surface area contributed by atoms with Crippen LogP contribution in [0.15, 0.2) is 84.0 Å². The summed E-state index contributed by atoms with van der Waals surface area (Å²) in [5.74, 6) is -6.02. The Morgan fingerprint density at radius 2 is 1.68 bits per heavy atom. The van der Waals surface area contributed by atoms with Gasteiger partial charge in [0, 0.05) is 49.5 Å². The number of phenols is 1. The van der Waals surface area contributed by atoms with Crippen LogP contribution in [0.3, 0.4) is 0 Å². The number of ketones is 1. The zero-order valence-corrected chi connectivity index (χ0v) is 47.6. The largest absolute Gasteiger partial charge is 0.508 e. The van der Waals surface area contributed by atoms with E-state index in [0.717, 1.165) is 41.8 Å². The van der Waals surface area contributed by atoms with Gasteiger partial charge in [0.05, 0.1) is 36.4 Å². The number of carbonyl (C=O) groups is 6. The molecule has 18 heteroatoms. The fourth-order valence-corrected chi connectivity index (χ4v) is 10.6. The summed E-state index contributed by atoms with van der Waals surface area (Å²) in [4.78, 5) is 78.9. The van der Waals surface area contributed by atoms with Gasteiger partial charge in [0.2, 0.25) is 17.7 Å². The van der Waals surface area contributed by atoms with Crippen LogP contribution in [0.1, 0.15) is 139 Å². The predicted molar refractivity (Wildman–Crippen MR) is 298 cm³/mol. The van der Waals surface area contributed by atoms with Crippen LogP contribution in [-0.4, -0.2) is 132 Å². The number of aliphatic carboxylic acids is 1. The second-order valence-corrected chi connectivity index (χ2v) is 22.6. The van der Waals surface area contributed by atoms with Crippen LogP contribution >= 0.6 is 0 Å². The van der Waals surface area contributed by atoms with Crippen molar-refractivity contribution >= 4 is 35.4 Å². The van der Waals surface area contributed by atoms with E-state index >= 15 is 0 Å². The average molecular weight is 1090 g/mol. The van der Waals surface area contributed by atoms with E-state index in [0.29, 0.717) is 24.8 Å². The Morgan fingerprint density at radius 3 is 2.33 bits per heavy atom. The minimum Gasteiger partial charge on any atom is -0.508 e. The Balaban J connectivity index is 1.30. The van der Waals surface area contributed by atoms with Crippen LogP contribution in [0.25, 0.3) is 0 Å². The highest BCUT2D eigenvalue weighted by Gasteiger charge is 2.51. The molecule has 0 aromatic heterocycles. The van der Waals surface area contributed by atoms with Crippen molar-refractivity contribution in [3.8, 4) is 5.75 Å². The number of carboxylic acids is 1. The van der Waals surface area contributed by atoms with Crippen LogP contribution in [0, 0.1) is 41.4 Å². The average Bonchev–Trinajstić information content (AvgIpc) is 3.40. The number of ether oxygens (including phenoxy) is 1. The first-order valence-electron chi connectivity index (χ1n) is 28.1. The Bertz CT molecular complexity index is 2350. The van der Waals surface area contributed by atoms with Gasteiger partial charge in [0.15, 0.2) is 5.72 Å². The lowest BCUT2D eigenvalue weighted by Crippen LogP contribution is -2.64. The van der Waals surface area contributed by atoms with E-state index in [1.165, 1.54) is 25.1 Å².